The van der Waals surface area contributed by atoms with Gasteiger partial charge in [0.2, 0.25) is 10.0 Å². The molecular formula is C12H21ClN2O4S2. The molecule has 0 amide bonds. The summed E-state index contributed by atoms with van der Waals surface area (Å²) in [6.45, 7) is 4.84. The fourth-order valence-corrected chi connectivity index (χ4v) is 3.37. The lowest BCUT2D eigenvalue weighted by Crippen LogP contribution is -2.38. The van der Waals surface area contributed by atoms with Crippen LogP contribution in [0.1, 0.15) is 13.8 Å². The van der Waals surface area contributed by atoms with Crippen molar-refractivity contribution in [2.45, 2.75) is 29.7 Å². The van der Waals surface area contributed by atoms with Crippen molar-refractivity contribution in [3.63, 3.8) is 0 Å². The van der Waals surface area contributed by atoms with Gasteiger partial charge < -0.3 is 5.32 Å². The molecule has 0 fully saturated rings. The van der Waals surface area contributed by atoms with Gasteiger partial charge in [-0.25, -0.2) is 21.6 Å². The molecule has 0 saturated heterocycles. The fraction of sp³-hybridized carbons (Fsp3) is 0.500. The summed E-state index contributed by atoms with van der Waals surface area (Å²) in [6.07, 6.45) is 1.08. The van der Waals surface area contributed by atoms with Crippen LogP contribution >= 0.6 is 12.4 Å². The van der Waals surface area contributed by atoms with Gasteiger partial charge >= 0.3 is 0 Å². The van der Waals surface area contributed by atoms with Crippen LogP contribution in [0.25, 0.3) is 0 Å². The summed E-state index contributed by atoms with van der Waals surface area (Å²) in [5, 5.41) is 3.09. The highest BCUT2D eigenvalue weighted by Gasteiger charge is 2.16. The lowest BCUT2D eigenvalue weighted by Gasteiger charge is -2.13. The number of rotatable bonds is 7. The van der Waals surface area contributed by atoms with Crippen LogP contribution in [0.3, 0.4) is 0 Å². The topological polar surface area (TPSA) is 92.3 Å². The molecule has 0 bridgehead atoms. The van der Waals surface area contributed by atoms with Gasteiger partial charge in [-0.05, 0) is 37.7 Å². The summed E-state index contributed by atoms with van der Waals surface area (Å²) >= 11 is 0. The van der Waals surface area contributed by atoms with Crippen molar-refractivity contribution < 1.29 is 16.8 Å². The third-order valence-corrected chi connectivity index (χ3v) is 5.26. The Morgan fingerprint density at radius 3 is 1.95 bits per heavy atom. The summed E-state index contributed by atoms with van der Waals surface area (Å²) in [4.78, 5) is 0.145. The van der Waals surface area contributed by atoms with Crippen molar-refractivity contribution in [1.82, 2.24) is 10.0 Å². The Kier molecular flexibility index (Phi) is 7.83. The Hall–Kier alpha value is -0.670. The van der Waals surface area contributed by atoms with Crippen LogP contribution in [0.5, 0.6) is 0 Å². The molecule has 0 heterocycles. The van der Waals surface area contributed by atoms with E-state index in [9.17, 15) is 16.8 Å². The third-order valence-electron chi connectivity index (χ3n) is 2.69. The molecule has 0 aromatic heterocycles. The molecule has 0 spiro atoms. The molecule has 21 heavy (non-hydrogen) atoms. The predicted octanol–water partition coefficient (Wildman–Crippen LogP) is 0.788. The summed E-state index contributed by atoms with van der Waals surface area (Å²) in [5.74, 6) is 0. The van der Waals surface area contributed by atoms with E-state index < -0.39 is 19.9 Å². The van der Waals surface area contributed by atoms with Crippen molar-refractivity contribution >= 4 is 32.3 Å². The van der Waals surface area contributed by atoms with Crippen LogP contribution in [-0.2, 0) is 19.9 Å². The number of hydrogen-bond acceptors (Lipinski definition) is 5. The minimum atomic E-state index is -3.62. The van der Waals surface area contributed by atoms with E-state index in [1.54, 1.807) is 0 Å². The van der Waals surface area contributed by atoms with Gasteiger partial charge in [-0.15, -0.1) is 12.4 Å². The molecule has 0 saturated carbocycles. The Labute approximate surface area is 132 Å². The Morgan fingerprint density at radius 2 is 1.52 bits per heavy atom. The van der Waals surface area contributed by atoms with Gasteiger partial charge in [0, 0.05) is 18.8 Å². The smallest absolute Gasteiger partial charge is 0.240 e. The largest absolute Gasteiger partial charge is 0.313 e. The number of sulfone groups is 1. The molecule has 0 unspecified atom stereocenters. The van der Waals surface area contributed by atoms with E-state index in [2.05, 4.69) is 10.0 Å². The van der Waals surface area contributed by atoms with Gasteiger partial charge in [0.05, 0.1) is 9.79 Å². The van der Waals surface area contributed by atoms with Crippen molar-refractivity contribution in [3.05, 3.63) is 24.3 Å². The molecule has 0 radical (unpaired) electrons. The molecule has 0 aliphatic heterocycles. The second-order valence-electron chi connectivity index (χ2n) is 4.55. The van der Waals surface area contributed by atoms with E-state index in [4.69, 9.17) is 0 Å². The number of hydrogen-bond donors (Lipinski definition) is 2. The highest BCUT2D eigenvalue weighted by molar-refractivity contribution is 7.90. The first-order valence-corrected chi connectivity index (χ1v) is 9.57. The zero-order valence-electron chi connectivity index (χ0n) is 12.2. The number of likely N-dealkylation sites (N-methyl/N-ethyl adjacent to an activating group) is 1. The van der Waals surface area contributed by atoms with Crippen molar-refractivity contribution in [2.24, 2.45) is 0 Å². The molecular weight excluding hydrogens is 336 g/mol. The van der Waals surface area contributed by atoms with Crippen LogP contribution < -0.4 is 10.0 Å². The molecule has 0 aliphatic rings. The Balaban J connectivity index is 0.00000400. The maximum atomic E-state index is 12.0. The predicted molar refractivity (Wildman–Crippen MR) is 85.1 cm³/mol. The monoisotopic (exact) mass is 356 g/mol. The summed E-state index contributed by atoms with van der Waals surface area (Å²) < 4.78 is 49.1. The second kappa shape index (κ2) is 8.09. The van der Waals surface area contributed by atoms with Crippen LogP contribution in [0.2, 0.25) is 0 Å². The van der Waals surface area contributed by atoms with E-state index in [0.717, 1.165) is 12.8 Å². The average molecular weight is 357 g/mol. The van der Waals surface area contributed by atoms with Crippen molar-refractivity contribution in [2.75, 3.05) is 19.3 Å². The maximum absolute atomic E-state index is 12.0. The maximum Gasteiger partial charge on any atom is 0.240 e. The minimum absolute atomic E-state index is 0. The fourth-order valence-electron chi connectivity index (χ4n) is 1.60. The Morgan fingerprint density at radius 1 is 1.05 bits per heavy atom. The summed E-state index contributed by atoms with van der Waals surface area (Å²) in [7, 11) is -6.94. The van der Waals surface area contributed by atoms with E-state index in [1.807, 2.05) is 13.8 Å². The van der Waals surface area contributed by atoms with Crippen LogP contribution in [-0.4, -0.2) is 42.2 Å². The van der Waals surface area contributed by atoms with Crippen LogP contribution in [0, 0.1) is 0 Å². The lowest BCUT2D eigenvalue weighted by molar-refractivity contribution is 0.536. The molecule has 6 nitrogen and oxygen atoms in total. The van der Waals surface area contributed by atoms with Gasteiger partial charge in [-0.2, -0.15) is 0 Å². The lowest BCUT2D eigenvalue weighted by atomic mass is 10.3. The quantitative estimate of drug-likeness (QED) is 0.753. The highest BCUT2D eigenvalue weighted by Crippen LogP contribution is 2.14. The standard InChI is InChI=1S/C12H20N2O4S2.ClH/c1-4-13-10(2)9-14-20(17,18)12-7-5-11(6-8-12)19(3,15)16;/h5-8,10,13-14H,4,9H2,1-3H3;1H/t10-;/m1./s1. The van der Waals surface area contributed by atoms with Crippen LogP contribution in [0.15, 0.2) is 34.1 Å². The second-order valence-corrected chi connectivity index (χ2v) is 8.34. The zero-order chi connectivity index (χ0) is 15.4. The molecule has 1 aromatic rings. The molecule has 2 N–H and O–H groups in total. The van der Waals surface area contributed by atoms with E-state index >= 15 is 0 Å². The number of benzene rings is 1. The first-order valence-electron chi connectivity index (χ1n) is 6.20. The summed E-state index contributed by atoms with van der Waals surface area (Å²) in [6, 6.07) is 5.17. The minimum Gasteiger partial charge on any atom is -0.313 e. The third kappa shape index (κ3) is 6.31. The van der Waals surface area contributed by atoms with Gasteiger partial charge in [-0.3, -0.25) is 0 Å². The van der Waals surface area contributed by atoms with E-state index in [-0.39, 0.29) is 34.8 Å². The summed E-state index contributed by atoms with van der Waals surface area (Å²) in [5.41, 5.74) is 0. The molecule has 1 aromatic carbocycles. The van der Waals surface area contributed by atoms with Gasteiger partial charge in [-0.1, -0.05) is 6.92 Å². The first kappa shape index (κ1) is 20.3. The molecule has 9 heteroatoms. The van der Waals surface area contributed by atoms with Crippen molar-refractivity contribution in [3.8, 4) is 0 Å². The number of sulfonamides is 1. The Bertz CT molecular complexity index is 642. The molecule has 1 rings (SSSR count). The molecule has 122 valence electrons. The molecule has 1 atom stereocenters. The van der Waals surface area contributed by atoms with Gasteiger partial charge in [0.25, 0.3) is 0 Å². The SMILES string of the molecule is CCN[C@H](C)CNS(=O)(=O)c1ccc(S(C)(=O)=O)cc1.Cl. The normalized spacial score (nSPS) is 13.5. The first-order chi connectivity index (χ1) is 9.16. The van der Waals surface area contributed by atoms with Crippen LogP contribution in [0.4, 0.5) is 0 Å². The average Bonchev–Trinajstić information content (AvgIpc) is 2.36. The zero-order valence-corrected chi connectivity index (χ0v) is 14.6. The number of halogens is 1. The molecule has 0 aliphatic carbocycles. The van der Waals surface area contributed by atoms with Gasteiger partial charge in [0.1, 0.15) is 0 Å². The van der Waals surface area contributed by atoms with Gasteiger partial charge in [0.15, 0.2) is 9.84 Å². The van der Waals surface area contributed by atoms with E-state index in [0.29, 0.717) is 0 Å². The van der Waals surface area contributed by atoms with E-state index in [1.165, 1.54) is 24.3 Å². The highest BCUT2D eigenvalue weighted by atomic mass is 35.5. The number of nitrogens with one attached hydrogen (secondary N) is 2. The van der Waals surface area contributed by atoms with Crippen molar-refractivity contribution in [1.29, 1.82) is 0 Å².